The Kier molecular flexibility index (Phi) is 24.5. The molecule has 0 unspecified atom stereocenters. The van der Waals surface area contributed by atoms with E-state index in [0.717, 1.165) is 23.9 Å². The number of ether oxygens (including phenoxy) is 2. The molecule has 0 aliphatic carbocycles. The number of carboxylic acid groups (broad SMARTS) is 2. The minimum Gasteiger partial charge on any atom is -0.480 e. The lowest BCUT2D eigenvalue weighted by atomic mass is 10.2. The summed E-state index contributed by atoms with van der Waals surface area (Å²) < 4.78 is 52.8. The van der Waals surface area contributed by atoms with Gasteiger partial charge >= 0.3 is 24.1 Å². The molecule has 5 aromatic heterocycles. The molecule has 0 aliphatic rings. The third kappa shape index (κ3) is 20.9. The first-order valence-electron chi connectivity index (χ1n) is 25.6. The van der Waals surface area contributed by atoms with Crippen molar-refractivity contribution in [2.75, 3.05) is 5.73 Å². The Labute approximate surface area is 485 Å². The van der Waals surface area contributed by atoms with Crippen LogP contribution in [0.3, 0.4) is 0 Å². The van der Waals surface area contributed by atoms with Crippen LogP contribution in [-0.2, 0) is 33.9 Å². The molecular formula is C58H66ClF3N12O10. The first kappa shape index (κ1) is 67.2. The maximum absolute atomic E-state index is 13.7. The molecule has 10 N–H and O–H groups in total. The van der Waals surface area contributed by atoms with Gasteiger partial charge in [-0.25, -0.2) is 37.5 Å². The molecule has 3 atom stereocenters. The number of hydrogen-bond acceptors (Lipinski definition) is 16. The molecule has 26 heteroatoms. The molecule has 0 saturated carbocycles. The zero-order valence-corrected chi connectivity index (χ0v) is 48.2. The molecular weight excluding hydrogens is 1120 g/mol. The van der Waals surface area contributed by atoms with Crippen molar-refractivity contribution in [3.8, 4) is 0 Å². The Morgan fingerprint density at radius 3 is 1.44 bits per heavy atom. The quantitative estimate of drug-likeness (QED) is 0.0594. The Morgan fingerprint density at radius 1 is 0.643 bits per heavy atom. The number of fused-ring (bicyclic) bond motifs is 2. The van der Waals surface area contributed by atoms with Crippen molar-refractivity contribution in [2.24, 2.45) is 11.5 Å². The number of amides is 2. The average molecular weight is 1180 g/mol. The summed E-state index contributed by atoms with van der Waals surface area (Å²) >= 11 is 5.36. The van der Waals surface area contributed by atoms with Crippen LogP contribution in [0.25, 0.3) is 21.8 Å². The molecule has 0 saturated heterocycles. The number of nitrogen functional groups attached to an aromatic ring is 1. The molecule has 84 heavy (non-hydrogen) atoms. The number of carbonyl (C=O) groups is 4. The summed E-state index contributed by atoms with van der Waals surface area (Å²) in [6.07, 6.45) is 3.67. The highest BCUT2D eigenvalue weighted by Gasteiger charge is 2.24. The van der Waals surface area contributed by atoms with Crippen LogP contribution in [0, 0.1) is 17.5 Å². The SMILES string of the molecule is C[C@H](N)c1nc2ccc(F)cc2c(=O)n1Cc1ccccn1.C[C@H](NC(=O)OC(C)(C)C)C(=O)O.C[C@H](NC(=O)OC(C)(C)C)c1nc2ccc(F)cc2c(=O)n1Cc1ccccn1.NCc1ccccn1.Nc1ccc(F)c(Cl)c1C(=O)O. The largest absolute Gasteiger partial charge is 0.480 e. The number of nitrogens with zero attached hydrogens (tertiary/aromatic N) is 7. The molecule has 8 aromatic rings. The monoisotopic (exact) mass is 1180 g/mol. The van der Waals surface area contributed by atoms with Gasteiger partial charge in [0.2, 0.25) is 0 Å². The van der Waals surface area contributed by atoms with E-state index in [9.17, 15) is 41.9 Å². The molecule has 3 aromatic carbocycles. The standard InChI is InChI=1S/C21H23FN4O3.C16H15FN4O.C8H15NO4.C7H5ClFNO2.C6H8N2/c1-13(24-20(28)29-21(2,3)4)18-25-17-9-8-14(22)11-16(17)19(27)26(18)12-15-7-5-6-10-23-15;1-10(18)15-20-14-6-5-11(17)8-13(14)16(22)21(15)9-12-4-2-3-7-19-12;1-5(6(10)11)9-7(12)13-8(2,3)4;8-6-3(9)1-2-4(10)5(6)7(11)12;7-5-6-3-1-2-4-8-6/h5-11,13H,12H2,1-4H3,(H,24,28);2-8,10H,9,18H2,1H3;5H,1-4H3,(H,9,12)(H,10,11);1-2H,10H2,(H,11,12);1-4H,5,7H2/t13-;10-;5-;;/m000../s1. The van der Waals surface area contributed by atoms with Crippen molar-refractivity contribution in [2.45, 2.75) is 111 Å². The highest BCUT2D eigenvalue weighted by molar-refractivity contribution is 6.34. The number of hydrogen-bond donors (Lipinski definition) is 7. The van der Waals surface area contributed by atoms with Gasteiger partial charge in [0, 0.05) is 30.8 Å². The second-order valence-electron chi connectivity index (χ2n) is 20.2. The number of carboxylic acids is 2. The van der Waals surface area contributed by atoms with Gasteiger partial charge in [-0.1, -0.05) is 29.8 Å². The van der Waals surface area contributed by atoms with Gasteiger partial charge in [-0.05, 0) is 147 Å². The lowest BCUT2D eigenvalue weighted by Gasteiger charge is -2.23. The summed E-state index contributed by atoms with van der Waals surface area (Å²) in [6.45, 7) is 16.1. The lowest BCUT2D eigenvalue weighted by Crippen LogP contribution is -2.41. The fourth-order valence-corrected chi connectivity index (χ4v) is 7.36. The number of rotatable bonds is 11. The lowest BCUT2D eigenvalue weighted by molar-refractivity contribution is -0.139. The normalized spacial score (nSPS) is 11.9. The Morgan fingerprint density at radius 2 is 1.07 bits per heavy atom. The summed E-state index contributed by atoms with van der Waals surface area (Å²) in [7, 11) is 0. The summed E-state index contributed by atoms with van der Waals surface area (Å²) in [5.74, 6) is -3.43. The van der Waals surface area contributed by atoms with Crippen molar-refractivity contribution >= 4 is 63.2 Å². The van der Waals surface area contributed by atoms with Crippen LogP contribution in [0.1, 0.15) is 113 Å². The predicted molar refractivity (Wildman–Crippen MR) is 310 cm³/mol. The second kappa shape index (κ2) is 30.6. The Balaban J connectivity index is 0.000000242. The number of nitrogens with two attached hydrogens (primary N) is 3. The first-order valence-corrected chi connectivity index (χ1v) is 26.0. The summed E-state index contributed by atoms with van der Waals surface area (Å²) in [5.41, 5.74) is 17.1. The van der Waals surface area contributed by atoms with Crippen molar-refractivity contribution < 1.29 is 52.0 Å². The number of benzene rings is 3. The fraction of sp³-hybridized carbons (Fsp3) is 0.293. The molecule has 5 heterocycles. The molecule has 0 bridgehead atoms. The number of anilines is 1. The summed E-state index contributed by atoms with van der Waals surface area (Å²) in [4.78, 5) is 91.1. The first-order chi connectivity index (χ1) is 39.4. The van der Waals surface area contributed by atoms with Crippen LogP contribution in [0.2, 0.25) is 5.02 Å². The van der Waals surface area contributed by atoms with Gasteiger partial charge in [-0.3, -0.25) is 38.5 Å². The van der Waals surface area contributed by atoms with Crippen molar-refractivity contribution in [1.29, 1.82) is 0 Å². The van der Waals surface area contributed by atoms with E-state index in [4.69, 9.17) is 48.5 Å². The van der Waals surface area contributed by atoms with Gasteiger partial charge in [0.1, 0.15) is 51.9 Å². The van der Waals surface area contributed by atoms with Crippen LogP contribution < -0.4 is 39.0 Å². The van der Waals surface area contributed by atoms with E-state index in [1.165, 1.54) is 46.4 Å². The molecule has 0 spiro atoms. The number of carbonyl (C=O) groups excluding carboxylic acids is 2. The number of nitrogens with one attached hydrogen (secondary N) is 2. The van der Waals surface area contributed by atoms with Gasteiger partial charge in [-0.2, -0.15) is 0 Å². The molecule has 2 amide bonds. The summed E-state index contributed by atoms with van der Waals surface area (Å²) in [6, 6.07) is 24.5. The van der Waals surface area contributed by atoms with Gasteiger partial charge < -0.3 is 47.5 Å². The molecule has 446 valence electrons. The number of alkyl carbamates (subject to hydrolysis) is 2. The number of aromatic nitrogens is 7. The summed E-state index contributed by atoms with van der Waals surface area (Å²) in [5, 5.41) is 21.8. The molecule has 0 aliphatic heterocycles. The molecule has 22 nitrogen and oxygen atoms in total. The number of halogens is 4. The second-order valence-corrected chi connectivity index (χ2v) is 20.6. The van der Waals surface area contributed by atoms with E-state index in [2.05, 4.69) is 35.6 Å². The molecule has 0 radical (unpaired) electrons. The van der Waals surface area contributed by atoms with Crippen LogP contribution in [-0.4, -0.2) is 85.6 Å². The average Bonchev–Trinajstić information content (AvgIpc) is 1.26. The van der Waals surface area contributed by atoms with Crippen molar-refractivity contribution in [3.05, 3.63) is 199 Å². The van der Waals surface area contributed by atoms with Crippen LogP contribution in [0.4, 0.5) is 28.4 Å². The Bertz CT molecular complexity index is 3660. The van der Waals surface area contributed by atoms with Crippen LogP contribution >= 0.6 is 11.6 Å². The fourth-order valence-electron chi connectivity index (χ4n) is 7.11. The van der Waals surface area contributed by atoms with E-state index in [1.54, 1.807) is 92.2 Å². The van der Waals surface area contributed by atoms with Crippen LogP contribution in [0.5, 0.6) is 0 Å². The van der Waals surface area contributed by atoms with Crippen molar-refractivity contribution in [1.82, 2.24) is 44.7 Å². The van der Waals surface area contributed by atoms with E-state index < -0.39 is 87.0 Å². The number of aliphatic carboxylic acids is 1. The van der Waals surface area contributed by atoms with Gasteiger partial charge in [0.15, 0.2) is 0 Å². The van der Waals surface area contributed by atoms with Gasteiger partial charge in [-0.15, -0.1) is 0 Å². The highest BCUT2D eigenvalue weighted by Crippen LogP contribution is 2.25. The smallest absolute Gasteiger partial charge is 0.408 e. The van der Waals surface area contributed by atoms with Gasteiger partial charge in [0.25, 0.3) is 11.1 Å². The zero-order chi connectivity index (χ0) is 62.6. The predicted octanol–water partition coefficient (Wildman–Crippen LogP) is 8.85. The number of aromatic carboxylic acids is 1. The van der Waals surface area contributed by atoms with Gasteiger partial charge in [0.05, 0.1) is 69.1 Å². The van der Waals surface area contributed by atoms with Crippen molar-refractivity contribution in [3.63, 3.8) is 0 Å². The topological polar surface area (TPSA) is 338 Å². The van der Waals surface area contributed by atoms with E-state index >= 15 is 0 Å². The minimum absolute atomic E-state index is 0.0473. The van der Waals surface area contributed by atoms with E-state index in [1.807, 2.05) is 36.4 Å². The maximum atomic E-state index is 13.7. The number of pyridine rings is 3. The zero-order valence-electron chi connectivity index (χ0n) is 47.4. The highest BCUT2D eigenvalue weighted by atomic mass is 35.5. The van der Waals surface area contributed by atoms with E-state index in [0.29, 0.717) is 40.6 Å². The minimum atomic E-state index is -1.34. The maximum Gasteiger partial charge on any atom is 0.408 e. The van der Waals surface area contributed by atoms with Crippen LogP contribution in [0.15, 0.2) is 131 Å². The van der Waals surface area contributed by atoms with E-state index in [-0.39, 0.29) is 35.1 Å². The molecule has 0 fully saturated rings. The third-order valence-corrected chi connectivity index (χ3v) is 11.3. The Hall–Kier alpha value is -9.33. The molecule has 8 rings (SSSR count). The third-order valence-electron chi connectivity index (χ3n) is 10.9.